The summed E-state index contributed by atoms with van der Waals surface area (Å²) in [6, 6.07) is 10.7. The molecule has 0 aliphatic heterocycles. The smallest absolute Gasteiger partial charge is 0.279 e. The Bertz CT molecular complexity index is 1280. The lowest BCUT2D eigenvalue weighted by Gasteiger charge is -2.07. The highest BCUT2D eigenvalue weighted by Crippen LogP contribution is 2.27. The maximum absolute atomic E-state index is 13.1. The van der Waals surface area contributed by atoms with E-state index < -0.39 is 5.91 Å². The van der Waals surface area contributed by atoms with Crippen LogP contribution in [0.5, 0.6) is 5.75 Å². The molecule has 1 N–H and O–H groups in total. The van der Waals surface area contributed by atoms with Crippen LogP contribution in [0.15, 0.2) is 53.2 Å². The Kier molecular flexibility index (Phi) is 6.88. The van der Waals surface area contributed by atoms with Crippen molar-refractivity contribution >= 4 is 46.5 Å². The molecule has 170 valence electrons. The molecule has 0 radical (unpaired) electrons. The number of rotatable bonds is 7. The lowest BCUT2D eigenvalue weighted by Crippen LogP contribution is -2.16. The van der Waals surface area contributed by atoms with Crippen molar-refractivity contribution in [2.45, 2.75) is 20.1 Å². The highest BCUT2D eigenvalue weighted by molar-refractivity contribution is 6.36. The SMILES string of the molecule is Cc1onc(C(=O)Nc2nn(Cc3c(Cl)cccc3Cl)cc2Cl)c1COc1ccc(F)cc1. The second-order valence-electron chi connectivity index (χ2n) is 6.99. The molecule has 0 saturated heterocycles. The molecule has 4 aromatic rings. The Hall–Kier alpha value is -3.07. The number of nitrogens with zero attached hydrogens (tertiary/aromatic N) is 3. The summed E-state index contributed by atoms with van der Waals surface area (Å²) in [6.07, 6.45) is 1.55. The first-order valence-electron chi connectivity index (χ1n) is 9.62. The monoisotopic (exact) mass is 508 g/mol. The standard InChI is InChI=1S/C22H16Cl3FN4O3/c1-12-16(11-32-14-7-5-13(26)6-8-14)20(29-33-12)22(31)27-21-19(25)10-30(28-21)9-15-17(23)3-2-4-18(15)24/h2-8,10H,9,11H2,1H3,(H,27,28,31). The molecule has 0 saturated carbocycles. The van der Waals surface area contributed by atoms with Gasteiger partial charge in [-0.1, -0.05) is 46.0 Å². The predicted octanol–water partition coefficient (Wildman–Crippen LogP) is 6.16. The molecule has 7 nitrogen and oxygen atoms in total. The van der Waals surface area contributed by atoms with Crippen LogP contribution in [0.1, 0.15) is 27.4 Å². The van der Waals surface area contributed by atoms with E-state index in [0.29, 0.717) is 32.7 Å². The number of halogens is 4. The minimum Gasteiger partial charge on any atom is -0.489 e. The molecule has 2 aromatic carbocycles. The van der Waals surface area contributed by atoms with Crippen LogP contribution >= 0.6 is 34.8 Å². The number of benzene rings is 2. The van der Waals surface area contributed by atoms with Crippen molar-refractivity contribution in [1.29, 1.82) is 0 Å². The van der Waals surface area contributed by atoms with Crippen LogP contribution in [0, 0.1) is 12.7 Å². The molecule has 2 heterocycles. The molecular formula is C22H16Cl3FN4O3. The molecule has 0 unspecified atom stereocenters. The number of carbonyl (C=O) groups excluding carboxylic acids is 1. The topological polar surface area (TPSA) is 82.2 Å². The van der Waals surface area contributed by atoms with Gasteiger partial charge in [0.15, 0.2) is 11.5 Å². The maximum atomic E-state index is 13.1. The van der Waals surface area contributed by atoms with E-state index >= 15 is 0 Å². The first kappa shape index (κ1) is 23.1. The van der Waals surface area contributed by atoms with Gasteiger partial charge in [0.2, 0.25) is 0 Å². The average molecular weight is 510 g/mol. The van der Waals surface area contributed by atoms with Gasteiger partial charge < -0.3 is 14.6 Å². The fourth-order valence-corrected chi connectivity index (χ4v) is 3.72. The molecule has 0 atom stereocenters. The third-order valence-electron chi connectivity index (χ3n) is 4.73. The fourth-order valence-electron chi connectivity index (χ4n) is 3.00. The molecule has 2 aromatic heterocycles. The molecule has 0 bridgehead atoms. The summed E-state index contributed by atoms with van der Waals surface area (Å²) < 4.78 is 25.4. The van der Waals surface area contributed by atoms with Crippen molar-refractivity contribution in [3.8, 4) is 5.75 Å². The normalized spacial score (nSPS) is 10.9. The van der Waals surface area contributed by atoms with Gasteiger partial charge >= 0.3 is 0 Å². The zero-order chi connectivity index (χ0) is 23.5. The van der Waals surface area contributed by atoms with Crippen molar-refractivity contribution in [1.82, 2.24) is 14.9 Å². The van der Waals surface area contributed by atoms with Gasteiger partial charge in [0.1, 0.15) is 29.0 Å². The highest BCUT2D eigenvalue weighted by Gasteiger charge is 2.22. The average Bonchev–Trinajstić information content (AvgIpc) is 3.32. The zero-order valence-electron chi connectivity index (χ0n) is 17.1. The minimum absolute atomic E-state index is 0.00308. The number of aromatic nitrogens is 3. The van der Waals surface area contributed by atoms with E-state index in [0.717, 1.165) is 0 Å². The first-order valence-corrected chi connectivity index (χ1v) is 10.8. The summed E-state index contributed by atoms with van der Waals surface area (Å²) in [5.74, 6) is 0.0238. The van der Waals surface area contributed by atoms with Crippen molar-refractivity contribution in [3.05, 3.63) is 92.1 Å². The van der Waals surface area contributed by atoms with Gasteiger partial charge in [-0.15, -0.1) is 0 Å². The predicted molar refractivity (Wildman–Crippen MR) is 123 cm³/mol. The van der Waals surface area contributed by atoms with Gasteiger partial charge in [-0.25, -0.2) is 4.39 Å². The maximum Gasteiger partial charge on any atom is 0.279 e. The van der Waals surface area contributed by atoms with Crippen LogP contribution in [0.4, 0.5) is 10.2 Å². The number of hydrogen-bond acceptors (Lipinski definition) is 5. The van der Waals surface area contributed by atoms with E-state index in [2.05, 4.69) is 15.6 Å². The van der Waals surface area contributed by atoms with Crippen LogP contribution in [-0.4, -0.2) is 20.8 Å². The summed E-state index contributed by atoms with van der Waals surface area (Å²) in [5, 5.41) is 11.9. The van der Waals surface area contributed by atoms with Crippen molar-refractivity contribution in [3.63, 3.8) is 0 Å². The van der Waals surface area contributed by atoms with Gasteiger partial charge in [0.05, 0.1) is 12.1 Å². The van der Waals surface area contributed by atoms with Crippen LogP contribution in [-0.2, 0) is 13.2 Å². The van der Waals surface area contributed by atoms with Crippen LogP contribution < -0.4 is 10.1 Å². The lowest BCUT2D eigenvalue weighted by molar-refractivity contribution is 0.101. The number of amides is 1. The molecule has 0 fully saturated rings. The summed E-state index contributed by atoms with van der Waals surface area (Å²) in [4.78, 5) is 12.8. The molecule has 11 heteroatoms. The van der Waals surface area contributed by atoms with E-state index in [1.165, 1.54) is 28.9 Å². The van der Waals surface area contributed by atoms with Crippen molar-refractivity contribution < 1.29 is 18.4 Å². The van der Waals surface area contributed by atoms with Gasteiger partial charge in [0.25, 0.3) is 5.91 Å². The fraction of sp³-hybridized carbons (Fsp3) is 0.136. The first-order chi connectivity index (χ1) is 15.8. The van der Waals surface area contributed by atoms with Crippen molar-refractivity contribution in [2.24, 2.45) is 0 Å². The third kappa shape index (κ3) is 5.30. The number of anilines is 1. The van der Waals surface area contributed by atoms with Gasteiger partial charge in [-0.2, -0.15) is 5.10 Å². The molecule has 4 rings (SSSR count). The summed E-state index contributed by atoms with van der Waals surface area (Å²) in [6.45, 7) is 1.91. The quantitative estimate of drug-likeness (QED) is 0.323. The lowest BCUT2D eigenvalue weighted by atomic mass is 10.2. The molecule has 0 aliphatic rings. The largest absolute Gasteiger partial charge is 0.489 e. The van der Waals surface area contributed by atoms with E-state index in [-0.39, 0.29) is 35.5 Å². The molecule has 33 heavy (non-hydrogen) atoms. The molecule has 1 amide bonds. The summed E-state index contributed by atoms with van der Waals surface area (Å²) >= 11 is 18.7. The Morgan fingerprint density at radius 2 is 1.79 bits per heavy atom. The molecular weight excluding hydrogens is 494 g/mol. The van der Waals surface area contributed by atoms with Crippen LogP contribution in [0.2, 0.25) is 15.1 Å². The number of ether oxygens (including phenoxy) is 1. The minimum atomic E-state index is -0.576. The second kappa shape index (κ2) is 9.82. The van der Waals surface area contributed by atoms with Gasteiger partial charge in [-0.05, 0) is 43.3 Å². The Morgan fingerprint density at radius 3 is 2.48 bits per heavy atom. The van der Waals surface area contributed by atoms with Crippen LogP contribution in [0.25, 0.3) is 0 Å². The molecule has 0 aliphatic carbocycles. The Balaban J connectivity index is 1.48. The number of nitrogens with one attached hydrogen (secondary N) is 1. The van der Waals surface area contributed by atoms with E-state index in [4.69, 9.17) is 44.1 Å². The van der Waals surface area contributed by atoms with E-state index in [9.17, 15) is 9.18 Å². The Labute approximate surface area is 203 Å². The molecule has 0 spiro atoms. The van der Waals surface area contributed by atoms with Gasteiger partial charge in [-0.3, -0.25) is 9.48 Å². The number of carbonyl (C=O) groups is 1. The summed E-state index contributed by atoms with van der Waals surface area (Å²) in [7, 11) is 0. The number of hydrogen-bond donors (Lipinski definition) is 1. The highest BCUT2D eigenvalue weighted by atomic mass is 35.5. The Morgan fingerprint density at radius 1 is 1.09 bits per heavy atom. The number of aryl methyl sites for hydroxylation is 1. The van der Waals surface area contributed by atoms with Crippen LogP contribution in [0.3, 0.4) is 0 Å². The van der Waals surface area contributed by atoms with E-state index in [1.807, 2.05) is 0 Å². The summed E-state index contributed by atoms with van der Waals surface area (Å²) in [5.41, 5.74) is 1.13. The van der Waals surface area contributed by atoms with E-state index in [1.54, 1.807) is 31.3 Å². The van der Waals surface area contributed by atoms with Crippen molar-refractivity contribution in [2.75, 3.05) is 5.32 Å². The third-order valence-corrected chi connectivity index (χ3v) is 5.71. The zero-order valence-corrected chi connectivity index (χ0v) is 19.4. The van der Waals surface area contributed by atoms with Gasteiger partial charge in [0, 0.05) is 21.8 Å². The second-order valence-corrected chi connectivity index (χ2v) is 8.21.